The van der Waals surface area contributed by atoms with Crippen molar-refractivity contribution in [3.8, 4) is 11.5 Å². The van der Waals surface area contributed by atoms with Crippen LogP contribution in [0.1, 0.15) is 19.4 Å². The Balaban J connectivity index is 1.98. The third-order valence-corrected chi connectivity index (χ3v) is 2.76. The standard InChI is InChI=1S/C15H17ClN2O/c1-11(2)18-8-12-3-5-14(6-4-12)19-15-7-13(16)9-17-10-15/h3-7,9-11,18H,8H2,1-2H3. The number of hydrogen-bond donors (Lipinski definition) is 1. The average Bonchev–Trinajstić information content (AvgIpc) is 2.38. The van der Waals surface area contributed by atoms with Crippen molar-refractivity contribution in [2.24, 2.45) is 0 Å². The van der Waals surface area contributed by atoms with Gasteiger partial charge in [0.05, 0.1) is 11.2 Å². The minimum atomic E-state index is 0.480. The van der Waals surface area contributed by atoms with Gasteiger partial charge in [0.25, 0.3) is 0 Å². The molecule has 3 nitrogen and oxygen atoms in total. The van der Waals surface area contributed by atoms with Gasteiger partial charge in [-0.15, -0.1) is 0 Å². The predicted octanol–water partition coefficient (Wildman–Crippen LogP) is 4.03. The number of benzene rings is 1. The molecule has 1 aromatic heterocycles. The number of rotatable bonds is 5. The Kier molecular flexibility index (Phi) is 4.77. The summed E-state index contributed by atoms with van der Waals surface area (Å²) >= 11 is 5.86. The van der Waals surface area contributed by atoms with Crippen LogP contribution >= 0.6 is 11.6 Å². The number of ether oxygens (including phenoxy) is 1. The molecule has 0 aliphatic carbocycles. The Morgan fingerprint density at radius 1 is 1.16 bits per heavy atom. The predicted molar refractivity (Wildman–Crippen MR) is 77.7 cm³/mol. The Hall–Kier alpha value is -1.58. The monoisotopic (exact) mass is 276 g/mol. The molecule has 1 aromatic carbocycles. The van der Waals surface area contributed by atoms with E-state index in [0.29, 0.717) is 16.8 Å². The van der Waals surface area contributed by atoms with Crippen molar-refractivity contribution in [3.63, 3.8) is 0 Å². The van der Waals surface area contributed by atoms with Crippen molar-refractivity contribution >= 4 is 11.6 Å². The third kappa shape index (κ3) is 4.54. The van der Waals surface area contributed by atoms with Gasteiger partial charge in [0.1, 0.15) is 11.5 Å². The summed E-state index contributed by atoms with van der Waals surface area (Å²) in [5, 5.41) is 3.94. The first-order valence-corrected chi connectivity index (χ1v) is 6.62. The molecular formula is C15H17ClN2O. The van der Waals surface area contributed by atoms with E-state index < -0.39 is 0 Å². The number of hydrogen-bond acceptors (Lipinski definition) is 3. The zero-order chi connectivity index (χ0) is 13.7. The summed E-state index contributed by atoms with van der Waals surface area (Å²) < 4.78 is 5.67. The van der Waals surface area contributed by atoms with Crippen LogP contribution in [-0.4, -0.2) is 11.0 Å². The van der Waals surface area contributed by atoms with E-state index in [9.17, 15) is 0 Å². The van der Waals surface area contributed by atoms with E-state index in [-0.39, 0.29) is 0 Å². The molecule has 4 heteroatoms. The van der Waals surface area contributed by atoms with Gasteiger partial charge in [-0.2, -0.15) is 0 Å². The van der Waals surface area contributed by atoms with Crippen molar-refractivity contribution in [1.29, 1.82) is 0 Å². The van der Waals surface area contributed by atoms with Crippen LogP contribution in [-0.2, 0) is 6.54 Å². The fraction of sp³-hybridized carbons (Fsp3) is 0.267. The van der Waals surface area contributed by atoms with Crippen LogP contribution in [0.3, 0.4) is 0 Å². The van der Waals surface area contributed by atoms with Crippen LogP contribution in [0.25, 0.3) is 0 Å². The maximum atomic E-state index is 5.86. The fourth-order valence-corrected chi connectivity index (χ4v) is 1.75. The maximum Gasteiger partial charge on any atom is 0.147 e. The van der Waals surface area contributed by atoms with E-state index in [4.69, 9.17) is 16.3 Å². The number of halogens is 1. The second kappa shape index (κ2) is 6.55. The average molecular weight is 277 g/mol. The highest BCUT2D eigenvalue weighted by atomic mass is 35.5. The molecule has 2 rings (SSSR count). The lowest BCUT2D eigenvalue weighted by molar-refractivity contribution is 0.480. The van der Waals surface area contributed by atoms with Gasteiger partial charge >= 0.3 is 0 Å². The number of aromatic nitrogens is 1. The molecule has 100 valence electrons. The van der Waals surface area contributed by atoms with Gasteiger partial charge in [0.2, 0.25) is 0 Å². The quantitative estimate of drug-likeness (QED) is 0.895. The molecule has 0 spiro atoms. The smallest absolute Gasteiger partial charge is 0.147 e. The lowest BCUT2D eigenvalue weighted by atomic mass is 10.2. The van der Waals surface area contributed by atoms with E-state index in [1.165, 1.54) is 5.56 Å². The van der Waals surface area contributed by atoms with Crippen molar-refractivity contribution in [2.75, 3.05) is 0 Å². The zero-order valence-electron chi connectivity index (χ0n) is 11.1. The molecule has 0 aliphatic rings. The highest BCUT2D eigenvalue weighted by molar-refractivity contribution is 6.30. The van der Waals surface area contributed by atoms with Crippen LogP contribution in [0.15, 0.2) is 42.7 Å². The van der Waals surface area contributed by atoms with Crippen LogP contribution in [0.2, 0.25) is 5.02 Å². The molecule has 0 unspecified atom stereocenters. The lowest BCUT2D eigenvalue weighted by Gasteiger charge is -2.09. The molecule has 0 fully saturated rings. The van der Waals surface area contributed by atoms with E-state index in [1.54, 1.807) is 18.5 Å². The van der Waals surface area contributed by atoms with E-state index >= 15 is 0 Å². The highest BCUT2D eigenvalue weighted by Gasteiger charge is 2.00. The third-order valence-electron chi connectivity index (χ3n) is 2.55. The number of nitrogens with one attached hydrogen (secondary N) is 1. The fourth-order valence-electron chi connectivity index (χ4n) is 1.58. The Morgan fingerprint density at radius 3 is 2.53 bits per heavy atom. The molecule has 2 aromatic rings. The van der Waals surface area contributed by atoms with E-state index in [1.807, 2.05) is 24.3 Å². The highest BCUT2D eigenvalue weighted by Crippen LogP contribution is 2.23. The van der Waals surface area contributed by atoms with Gasteiger partial charge in [-0.3, -0.25) is 4.98 Å². The van der Waals surface area contributed by atoms with Crippen molar-refractivity contribution in [3.05, 3.63) is 53.3 Å². The van der Waals surface area contributed by atoms with Crippen molar-refractivity contribution < 1.29 is 4.74 Å². The molecule has 0 saturated heterocycles. The molecule has 0 radical (unpaired) electrons. The largest absolute Gasteiger partial charge is 0.456 e. The summed E-state index contributed by atoms with van der Waals surface area (Å²) in [7, 11) is 0. The second-order valence-electron chi connectivity index (χ2n) is 4.62. The first kappa shape index (κ1) is 13.8. The summed E-state index contributed by atoms with van der Waals surface area (Å²) in [5.41, 5.74) is 1.23. The summed E-state index contributed by atoms with van der Waals surface area (Å²) in [6.07, 6.45) is 3.22. The maximum absolute atomic E-state index is 5.86. The topological polar surface area (TPSA) is 34.1 Å². The summed E-state index contributed by atoms with van der Waals surface area (Å²) in [5.74, 6) is 1.41. The van der Waals surface area contributed by atoms with Crippen molar-refractivity contribution in [2.45, 2.75) is 26.4 Å². The molecule has 19 heavy (non-hydrogen) atoms. The summed E-state index contributed by atoms with van der Waals surface area (Å²) in [4.78, 5) is 3.98. The van der Waals surface area contributed by atoms with Crippen LogP contribution in [0.5, 0.6) is 11.5 Å². The molecular weight excluding hydrogens is 260 g/mol. The first-order valence-electron chi connectivity index (χ1n) is 6.24. The summed E-state index contributed by atoms with van der Waals surface area (Å²) in [6.45, 7) is 5.11. The van der Waals surface area contributed by atoms with Gasteiger partial charge in [-0.1, -0.05) is 37.6 Å². The molecule has 0 amide bonds. The van der Waals surface area contributed by atoms with Gasteiger partial charge in [-0.05, 0) is 17.7 Å². The Bertz CT molecular complexity index is 526. The second-order valence-corrected chi connectivity index (χ2v) is 5.06. The number of pyridine rings is 1. The van der Waals surface area contributed by atoms with Gasteiger partial charge in [-0.25, -0.2) is 0 Å². The molecule has 1 heterocycles. The zero-order valence-corrected chi connectivity index (χ0v) is 11.8. The Labute approximate surface area is 118 Å². The first-order chi connectivity index (χ1) is 9.13. The van der Waals surface area contributed by atoms with E-state index in [2.05, 4.69) is 24.1 Å². The van der Waals surface area contributed by atoms with Crippen LogP contribution < -0.4 is 10.1 Å². The molecule has 0 aliphatic heterocycles. The van der Waals surface area contributed by atoms with Gasteiger partial charge in [0.15, 0.2) is 0 Å². The van der Waals surface area contributed by atoms with Gasteiger partial charge < -0.3 is 10.1 Å². The minimum Gasteiger partial charge on any atom is -0.456 e. The van der Waals surface area contributed by atoms with Crippen LogP contribution in [0.4, 0.5) is 0 Å². The molecule has 0 saturated carbocycles. The normalized spacial score (nSPS) is 10.7. The SMILES string of the molecule is CC(C)NCc1ccc(Oc2cncc(Cl)c2)cc1. The van der Waals surface area contributed by atoms with E-state index in [0.717, 1.165) is 12.3 Å². The molecule has 0 bridgehead atoms. The number of nitrogens with zero attached hydrogens (tertiary/aromatic N) is 1. The van der Waals surface area contributed by atoms with Crippen LogP contribution in [0, 0.1) is 0 Å². The minimum absolute atomic E-state index is 0.480. The molecule has 0 atom stereocenters. The van der Waals surface area contributed by atoms with Crippen molar-refractivity contribution in [1.82, 2.24) is 10.3 Å². The summed E-state index contributed by atoms with van der Waals surface area (Å²) in [6, 6.07) is 10.2. The van der Waals surface area contributed by atoms with Gasteiger partial charge in [0, 0.05) is 24.8 Å². The Morgan fingerprint density at radius 2 is 1.89 bits per heavy atom. The lowest BCUT2D eigenvalue weighted by Crippen LogP contribution is -2.21. The molecule has 1 N–H and O–H groups in total.